The Morgan fingerprint density at radius 3 is 2.68 bits per heavy atom. The van der Waals surface area contributed by atoms with E-state index < -0.39 is 5.97 Å². The SMILES string of the molecule is CN(CC(=O)N1CCCC1)c1cncc(C(=O)O)n1. The standard InChI is InChI=1S/C12H16N4O3/c1-15(8-11(17)16-4-2-3-5-16)10-7-13-6-9(14-10)12(18)19/h6-7H,2-5,8H2,1H3,(H,18,19). The number of rotatable bonds is 4. The second kappa shape index (κ2) is 5.64. The third-order valence-corrected chi connectivity index (χ3v) is 3.06. The Hall–Kier alpha value is -2.18. The van der Waals surface area contributed by atoms with E-state index in [2.05, 4.69) is 9.97 Å². The van der Waals surface area contributed by atoms with Gasteiger partial charge in [-0.15, -0.1) is 0 Å². The minimum Gasteiger partial charge on any atom is -0.476 e. The van der Waals surface area contributed by atoms with Crippen molar-refractivity contribution >= 4 is 17.7 Å². The molecule has 7 heteroatoms. The average molecular weight is 264 g/mol. The summed E-state index contributed by atoms with van der Waals surface area (Å²) < 4.78 is 0. The Morgan fingerprint density at radius 1 is 1.37 bits per heavy atom. The van der Waals surface area contributed by atoms with E-state index in [0.717, 1.165) is 25.9 Å². The van der Waals surface area contributed by atoms with Crippen LogP contribution in [0.3, 0.4) is 0 Å². The van der Waals surface area contributed by atoms with Gasteiger partial charge in [-0.3, -0.25) is 9.78 Å². The number of carbonyl (C=O) groups excluding carboxylic acids is 1. The number of likely N-dealkylation sites (tertiary alicyclic amines) is 1. The van der Waals surface area contributed by atoms with Crippen LogP contribution >= 0.6 is 0 Å². The Morgan fingerprint density at radius 2 is 2.05 bits per heavy atom. The first kappa shape index (κ1) is 13.3. The highest BCUT2D eigenvalue weighted by Crippen LogP contribution is 2.11. The molecule has 0 bridgehead atoms. The summed E-state index contributed by atoms with van der Waals surface area (Å²) in [7, 11) is 1.70. The van der Waals surface area contributed by atoms with Crippen molar-refractivity contribution in [3.63, 3.8) is 0 Å². The zero-order chi connectivity index (χ0) is 13.8. The van der Waals surface area contributed by atoms with Gasteiger partial charge in [0.2, 0.25) is 5.91 Å². The Balaban J connectivity index is 2.02. The second-order valence-electron chi connectivity index (χ2n) is 4.51. The number of carboxylic acid groups (broad SMARTS) is 1. The maximum atomic E-state index is 12.0. The fraction of sp³-hybridized carbons (Fsp3) is 0.500. The lowest BCUT2D eigenvalue weighted by atomic mass is 10.4. The molecule has 0 aliphatic carbocycles. The van der Waals surface area contributed by atoms with Crippen LogP contribution in [-0.4, -0.2) is 58.5 Å². The van der Waals surface area contributed by atoms with Crippen molar-refractivity contribution in [1.82, 2.24) is 14.9 Å². The Bertz CT molecular complexity index is 486. The number of aromatic carboxylic acids is 1. The van der Waals surface area contributed by atoms with Crippen LogP contribution in [0.15, 0.2) is 12.4 Å². The number of likely N-dealkylation sites (N-methyl/N-ethyl adjacent to an activating group) is 1. The molecule has 7 nitrogen and oxygen atoms in total. The van der Waals surface area contributed by atoms with Gasteiger partial charge in [0.05, 0.1) is 18.9 Å². The number of carboxylic acids is 1. The normalized spacial score (nSPS) is 14.5. The predicted molar refractivity (Wildman–Crippen MR) is 68.1 cm³/mol. The van der Waals surface area contributed by atoms with Crippen LogP contribution < -0.4 is 4.90 Å². The zero-order valence-electron chi connectivity index (χ0n) is 10.7. The molecule has 1 aliphatic rings. The van der Waals surface area contributed by atoms with E-state index in [1.54, 1.807) is 11.9 Å². The highest BCUT2D eigenvalue weighted by atomic mass is 16.4. The predicted octanol–water partition coefficient (Wildman–Crippen LogP) is 0.233. The number of anilines is 1. The maximum Gasteiger partial charge on any atom is 0.356 e. The van der Waals surface area contributed by atoms with Crippen LogP contribution in [0, 0.1) is 0 Å². The number of hydrogen-bond donors (Lipinski definition) is 1. The van der Waals surface area contributed by atoms with Gasteiger partial charge in [0.1, 0.15) is 5.82 Å². The minimum absolute atomic E-state index is 0.0301. The van der Waals surface area contributed by atoms with Gasteiger partial charge in [-0.2, -0.15) is 0 Å². The first-order valence-electron chi connectivity index (χ1n) is 6.12. The van der Waals surface area contributed by atoms with Crippen molar-refractivity contribution < 1.29 is 14.7 Å². The summed E-state index contributed by atoms with van der Waals surface area (Å²) in [6, 6.07) is 0. The summed E-state index contributed by atoms with van der Waals surface area (Å²) in [4.78, 5) is 34.0. The summed E-state index contributed by atoms with van der Waals surface area (Å²) in [5, 5.41) is 8.85. The molecule has 0 atom stereocenters. The van der Waals surface area contributed by atoms with Gasteiger partial charge >= 0.3 is 5.97 Å². The lowest BCUT2D eigenvalue weighted by Gasteiger charge is -2.21. The van der Waals surface area contributed by atoms with Crippen LogP contribution in [0.4, 0.5) is 5.82 Å². The van der Waals surface area contributed by atoms with E-state index in [1.807, 2.05) is 4.90 Å². The van der Waals surface area contributed by atoms with E-state index in [1.165, 1.54) is 12.4 Å². The van der Waals surface area contributed by atoms with E-state index >= 15 is 0 Å². The molecule has 1 fully saturated rings. The first-order chi connectivity index (χ1) is 9.08. The molecular formula is C12H16N4O3. The number of aromatic nitrogens is 2. The zero-order valence-corrected chi connectivity index (χ0v) is 10.7. The third kappa shape index (κ3) is 3.18. The Labute approximate surface area is 110 Å². The number of hydrogen-bond acceptors (Lipinski definition) is 5. The van der Waals surface area contributed by atoms with Gasteiger partial charge in [0.15, 0.2) is 5.69 Å². The van der Waals surface area contributed by atoms with E-state index in [-0.39, 0.29) is 18.1 Å². The van der Waals surface area contributed by atoms with E-state index in [9.17, 15) is 9.59 Å². The molecule has 19 heavy (non-hydrogen) atoms. The van der Waals surface area contributed by atoms with Crippen LogP contribution in [0.1, 0.15) is 23.3 Å². The molecule has 102 valence electrons. The van der Waals surface area contributed by atoms with Crippen molar-refractivity contribution in [2.24, 2.45) is 0 Å². The summed E-state index contributed by atoms with van der Waals surface area (Å²) in [6.07, 6.45) is 4.72. The maximum absolute atomic E-state index is 12.0. The highest BCUT2D eigenvalue weighted by molar-refractivity contribution is 5.85. The number of amides is 1. The molecule has 2 rings (SSSR count). The monoisotopic (exact) mass is 264 g/mol. The molecule has 0 spiro atoms. The summed E-state index contributed by atoms with van der Waals surface area (Å²) in [5.74, 6) is -0.719. The minimum atomic E-state index is -1.13. The molecular weight excluding hydrogens is 248 g/mol. The second-order valence-corrected chi connectivity index (χ2v) is 4.51. The molecule has 0 radical (unpaired) electrons. The first-order valence-corrected chi connectivity index (χ1v) is 6.12. The van der Waals surface area contributed by atoms with E-state index in [4.69, 9.17) is 5.11 Å². The third-order valence-electron chi connectivity index (χ3n) is 3.06. The summed E-state index contributed by atoms with van der Waals surface area (Å²) in [6.45, 7) is 1.78. The Kier molecular flexibility index (Phi) is 3.94. The van der Waals surface area contributed by atoms with E-state index in [0.29, 0.717) is 5.82 Å². The number of carbonyl (C=O) groups is 2. The van der Waals surface area contributed by atoms with Gasteiger partial charge in [-0.25, -0.2) is 9.78 Å². The van der Waals surface area contributed by atoms with Gasteiger partial charge in [-0.1, -0.05) is 0 Å². The molecule has 1 aromatic heterocycles. The van der Waals surface area contributed by atoms with Gasteiger partial charge < -0.3 is 14.9 Å². The van der Waals surface area contributed by atoms with Crippen molar-refractivity contribution in [2.45, 2.75) is 12.8 Å². The average Bonchev–Trinajstić information content (AvgIpc) is 2.92. The summed E-state index contributed by atoms with van der Waals surface area (Å²) in [5.41, 5.74) is -0.127. The molecule has 1 N–H and O–H groups in total. The molecule has 1 saturated heterocycles. The molecule has 0 saturated carbocycles. The largest absolute Gasteiger partial charge is 0.476 e. The van der Waals surface area contributed by atoms with Gasteiger partial charge in [0.25, 0.3) is 0 Å². The molecule has 1 aromatic rings. The molecule has 2 heterocycles. The molecule has 0 aromatic carbocycles. The van der Waals surface area contributed by atoms with Crippen molar-refractivity contribution in [3.8, 4) is 0 Å². The number of nitrogens with zero attached hydrogens (tertiary/aromatic N) is 4. The van der Waals surface area contributed by atoms with Crippen molar-refractivity contribution in [2.75, 3.05) is 31.6 Å². The lowest BCUT2D eigenvalue weighted by molar-refractivity contribution is -0.128. The van der Waals surface area contributed by atoms with Crippen LogP contribution in [0.25, 0.3) is 0 Å². The fourth-order valence-corrected chi connectivity index (χ4v) is 1.99. The summed E-state index contributed by atoms with van der Waals surface area (Å²) >= 11 is 0. The van der Waals surface area contributed by atoms with Crippen LogP contribution in [-0.2, 0) is 4.79 Å². The van der Waals surface area contributed by atoms with Crippen molar-refractivity contribution in [1.29, 1.82) is 0 Å². The molecule has 0 unspecified atom stereocenters. The molecule has 1 aliphatic heterocycles. The smallest absolute Gasteiger partial charge is 0.356 e. The lowest BCUT2D eigenvalue weighted by Crippen LogP contribution is -2.37. The molecule has 1 amide bonds. The van der Waals surface area contributed by atoms with Crippen LogP contribution in [0.2, 0.25) is 0 Å². The van der Waals surface area contributed by atoms with Crippen LogP contribution in [0.5, 0.6) is 0 Å². The topological polar surface area (TPSA) is 86.6 Å². The van der Waals surface area contributed by atoms with Crippen molar-refractivity contribution in [3.05, 3.63) is 18.1 Å². The highest BCUT2D eigenvalue weighted by Gasteiger charge is 2.20. The van der Waals surface area contributed by atoms with Gasteiger partial charge in [0, 0.05) is 20.1 Å². The fourth-order valence-electron chi connectivity index (χ4n) is 1.99. The van der Waals surface area contributed by atoms with Gasteiger partial charge in [-0.05, 0) is 12.8 Å². The quantitative estimate of drug-likeness (QED) is 0.838.